The Hall–Kier alpha value is -1.90. The summed E-state index contributed by atoms with van der Waals surface area (Å²) in [6.07, 6.45) is 2.43. The van der Waals surface area contributed by atoms with Crippen LogP contribution >= 0.6 is 0 Å². The van der Waals surface area contributed by atoms with Gasteiger partial charge in [0, 0.05) is 0 Å². The Labute approximate surface area is 62.4 Å². The van der Waals surface area contributed by atoms with Gasteiger partial charge in [0.15, 0.2) is 0 Å². The third kappa shape index (κ3) is 2.06. The molecule has 0 bridgehead atoms. The first kappa shape index (κ1) is 7.21. The Morgan fingerprint density at radius 1 is 1.82 bits per heavy atom. The first-order valence-electron chi connectivity index (χ1n) is 2.84. The van der Waals surface area contributed by atoms with Crippen LogP contribution in [0.15, 0.2) is 12.7 Å². The molecule has 0 aromatic carbocycles. The Bertz CT molecular complexity index is 272. The summed E-state index contributed by atoms with van der Waals surface area (Å²) in [6, 6.07) is 1.71. The van der Waals surface area contributed by atoms with Gasteiger partial charge in [0.2, 0.25) is 0 Å². The fraction of sp³-hybridized carbons (Fsp3) is 0.200. The van der Waals surface area contributed by atoms with E-state index >= 15 is 0 Å². The molecule has 1 amide bonds. The summed E-state index contributed by atoms with van der Waals surface area (Å²) in [5.74, 6) is -0.405. The summed E-state index contributed by atoms with van der Waals surface area (Å²) in [4.78, 5) is 15.4. The smallest absolute Gasteiger partial charge is 0.254 e. The van der Waals surface area contributed by atoms with Gasteiger partial charge in [-0.25, -0.2) is 10.4 Å². The number of hydrogen-bond donors (Lipinski definition) is 1. The second-order valence-electron chi connectivity index (χ2n) is 1.71. The van der Waals surface area contributed by atoms with Crippen LogP contribution in [0.3, 0.4) is 0 Å². The maximum atomic E-state index is 10.7. The Balaban J connectivity index is 2.45. The second kappa shape index (κ2) is 3.31. The average molecular weight is 151 g/mol. The molecule has 0 atom stereocenters. The van der Waals surface area contributed by atoms with E-state index in [0.29, 0.717) is 0 Å². The van der Waals surface area contributed by atoms with Crippen LogP contribution in [0, 0.1) is 11.3 Å². The van der Waals surface area contributed by atoms with Gasteiger partial charge in [0.05, 0.1) is 6.07 Å². The van der Waals surface area contributed by atoms with Gasteiger partial charge in [-0.15, -0.1) is 5.10 Å². The van der Waals surface area contributed by atoms with Gasteiger partial charge in [-0.2, -0.15) is 10.1 Å². The number of carbonyl (C=O) groups excluding carboxylic acids is 1. The maximum Gasteiger partial charge on any atom is 0.254 e. The Morgan fingerprint density at radius 2 is 2.64 bits per heavy atom. The molecule has 0 aliphatic carbocycles. The van der Waals surface area contributed by atoms with Crippen LogP contribution < -0.4 is 5.43 Å². The lowest BCUT2D eigenvalue weighted by atomic mass is 10.5. The van der Waals surface area contributed by atoms with E-state index in [1.807, 2.05) is 0 Å². The summed E-state index contributed by atoms with van der Waals surface area (Å²) in [7, 11) is 0. The molecule has 0 saturated carbocycles. The molecule has 1 aromatic rings. The topological polar surface area (TPSA) is 83.6 Å². The minimum absolute atomic E-state index is 0.181. The van der Waals surface area contributed by atoms with Crippen LogP contribution in [0.25, 0.3) is 0 Å². The van der Waals surface area contributed by atoms with Crippen molar-refractivity contribution in [3.63, 3.8) is 0 Å². The summed E-state index contributed by atoms with van der Waals surface area (Å²) < 4.78 is 0. The van der Waals surface area contributed by atoms with E-state index in [1.165, 1.54) is 12.7 Å². The number of amides is 1. The van der Waals surface area contributed by atoms with Gasteiger partial charge in [0.25, 0.3) is 5.91 Å². The minimum atomic E-state index is -0.405. The molecule has 6 heteroatoms. The monoisotopic (exact) mass is 151 g/mol. The van der Waals surface area contributed by atoms with Crippen molar-refractivity contribution in [2.24, 2.45) is 0 Å². The Morgan fingerprint density at radius 3 is 3.18 bits per heavy atom. The van der Waals surface area contributed by atoms with Gasteiger partial charge in [-0.05, 0) is 0 Å². The fourth-order valence-electron chi connectivity index (χ4n) is 0.505. The highest BCUT2D eigenvalue weighted by molar-refractivity contribution is 5.85. The molecule has 56 valence electrons. The fourth-order valence-corrected chi connectivity index (χ4v) is 0.505. The van der Waals surface area contributed by atoms with Crippen LogP contribution in [0.2, 0.25) is 0 Å². The number of hydrogen-bond acceptors (Lipinski definition) is 4. The standard InChI is InChI=1S/C5H5N5O/c6-2-1-5(11)9-10-4-7-3-8-10/h3-4H,1H2,(H,9,11). The first-order valence-corrected chi connectivity index (χ1v) is 2.84. The van der Waals surface area contributed by atoms with Crippen molar-refractivity contribution in [1.29, 1.82) is 5.26 Å². The third-order valence-corrected chi connectivity index (χ3v) is 0.898. The number of carbonyl (C=O) groups is 1. The predicted molar refractivity (Wildman–Crippen MR) is 34.6 cm³/mol. The molecule has 0 radical (unpaired) electrons. The lowest BCUT2D eigenvalue weighted by molar-refractivity contribution is -0.116. The number of nitrogens with one attached hydrogen (secondary N) is 1. The maximum absolute atomic E-state index is 10.7. The number of rotatable bonds is 2. The summed E-state index contributed by atoms with van der Waals surface area (Å²) in [5.41, 5.74) is 2.30. The van der Waals surface area contributed by atoms with Crippen LogP contribution in [0.5, 0.6) is 0 Å². The molecule has 0 unspecified atom stereocenters. The van der Waals surface area contributed by atoms with E-state index in [0.717, 1.165) is 4.79 Å². The van der Waals surface area contributed by atoms with Crippen molar-refractivity contribution in [3.05, 3.63) is 12.7 Å². The van der Waals surface area contributed by atoms with E-state index < -0.39 is 5.91 Å². The second-order valence-corrected chi connectivity index (χ2v) is 1.71. The van der Waals surface area contributed by atoms with Crippen molar-refractivity contribution >= 4 is 5.91 Å². The van der Waals surface area contributed by atoms with Crippen molar-refractivity contribution in [1.82, 2.24) is 14.9 Å². The zero-order valence-corrected chi connectivity index (χ0v) is 5.56. The van der Waals surface area contributed by atoms with Crippen LogP contribution in [0.1, 0.15) is 6.42 Å². The molecule has 1 N–H and O–H groups in total. The Kier molecular flexibility index (Phi) is 2.17. The zero-order valence-electron chi connectivity index (χ0n) is 5.56. The SMILES string of the molecule is N#CCC(=O)Nn1cncn1. The molecule has 1 heterocycles. The molecule has 1 rings (SSSR count). The number of nitriles is 1. The highest BCUT2D eigenvalue weighted by atomic mass is 16.2. The molecule has 0 fully saturated rings. The number of aromatic nitrogens is 3. The summed E-state index contributed by atoms with van der Waals surface area (Å²) in [6.45, 7) is 0. The van der Waals surface area contributed by atoms with Gasteiger partial charge in [0.1, 0.15) is 19.1 Å². The molecule has 1 aromatic heterocycles. The third-order valence-electron chi connectivity index (χ3n) is 0.898. The zero-order chi connectivity index (χ0) is 8.10. The van der Waals surface area contributed by atoms with E-state index in [4.69, 9.17) is 5.26 Å². The van der Waals surface area contributed by atoms with Crippen molar-refractivity contribution < 1.29 is 4.79 Å². The summed E-state index contributed by atoms with van der Waals surface area (Å²) in [5, 5.41) is 11.7. The highest BCUT2D eigenvalue weighted by Crippen LogP contribution is 1.78. The van der Waals surface area contributed by atoms with Gasteiger partial charge >= 0.3 is 0 Å². The molecule has 0 spiro atoms. The van der Waals surface area contributed by atoms with E-state index in [2.05, 4.69) is 15.5 Å². The molecule has 11 heavy (non-hydrogen) atoms. The van der Waals surface area contributed by atoms with E-state index in [9.17, 15) is 4.79 Å². The normalized spacial score (nSPS) is 8.64. The lowest BCUT2D eigenvalue weighted by Gasteiger charge is -1.98. The van der Waals surface area contributed by atoms with Gasteiger partial charge in [-0.3, -0.25) is 4.79 Å². The molecular formula is C5H5N5O. The van der Waals surface area contributed by atoms with Gasteiger partial charge < -0.3 is 0 Å². The van der Waals surface area contributed by atoms with Crippen LogP contribution in [-0.2, 0) is 4.79 Å². The van der Waals surface area contributed by atoms with Crippen LogP contribution in [0.4, 0.5) is 0 Å². The molecule has 6 nitrogen and oxygen atoms in total. The molecule has 0 saturated heterocycles. The highest BCUT2D eigenvalue weighted by Gasteiger charge is 1.98. The van der Waals surface area contributed by atoms with Crippen LogP contribution in [-0.4, -0.2) is 20.8 Å². The minimum Gasteiger partial charge on any atom is -0.272 e. The van der Waals surface area contributed by atoms with Crippen molar-refractivity contribution in [3.8, 4) is 6.07 Å². The van der Waals surface area contributed by atoms with E-state index in [1.54, 1.807) is 6.07 Å². The van der Waals surface area contributed by atoms with Crippen molar-refractivity contribution in [2.45, 2.75) is 6.42 Å². The number of nitrogens with zero attached hydrogens (tertiary/aromatic N) is 4. The predicted octanol–water partition coefficient (Wildman–Crippen LogP) is -0.738. The lowest BCUT2D eigenvalue weighted by Crippen LogP contribution is -2.22. The summed E-state index contributed by atoms with van der Waals surface area (Å²) >= 11 is 0. The molecular weight excluding hydrogens is 146 g/mol. The van der Waals surface area contributed by atoms with Gasteiger partial charge in [-0.1, -0.05) is 0 Å². The average Bonchev–Trinajstić information content (AvgIpc) is 2.40. The quantitative estimate of drug-likeness (QED) is 0.603. The largest absolute Gasteiger partial charge is 0.272 e. The molecule has 0 aliphatic rings. The van der Waals surface area contributed by atoms with E-state index in [-0.39, 0.29) is 6.42 Å². The van der Waals surface area contributed by atoms with Crippen molar-refractivity contribution in [2.75, 3.05) is 5.43 Å². The first-order chi connectivity index (χ1) is 5.33. The molecule has 0 aliphatic heterocycles.